The summed E-state index contributed by atoms with van der Waals surface area (Å²) in [5.41, 5.74) is 2.67. The third-order valence-corrected chi connectivity index (χ3v) is 7.88. The maximum Gasteiger partial charge on any atom is 0.243 e. The van der Waals surface area contributed by atoms with Gasteiger partial charge in [-0.05, 0) is 55.7 Å². The summed E-state index contributed by atoms with van der Waals surface area (Å²) >= 11 is 0. The van der Waals surface area contributed by atoms with Crippen LogP contribution < -0.4 is 10.6 Å². The van der Waals surface area contributed by atoms with Crippen LogP contribution in [-0.4, -0.2) is 55.8 Å². The van der Waals surface area contributed by atoms with Gasteiger partial charge in [-0.15, -0.1) is 0 Å². The molecule has 6 rings (SSSR count). The van der Waals surface area contributed by atoms with Crippen LogP contribution in [0.4, 0.5) is 24.5 Å². The minimum Gasteiger partial charge on any atom is -0.353 e. The molecule has 3 atom stereocenters. The largest absolute Gasteiger partial charge is 0.353 e. The molecule has 2 aliphatic rings. The molecule has 216 valence electrons. The number of benzene rings is 2. The molecule has 12 heteroatoms. The molecule has 0 saturated carbocycles. The van der Waals surface area contributed by atoms with Gasteiger partial charge in [0.1, 0.15) is 36.7 Å². The van der Waals surface area contributed by atoms with Crippen LogP contribution in [0.1, 0.15) is 47.3 Å². The van der Waals surface area contributed by atoms with Crippen LogP contribution in [0.2, 0.25) is 0 Å². The molecule has 0 bridgehead atoms. The van der Waals surface area contributed by atoms with Gasteiger partial charge >= 0.3 is 0 Å². The number of fused-ring (bicyclic) bond motifs is 2. The van der Waals surface area contributed by atoms with E-state index in [0.717, 1.165) is 12.1 Å². The van der Waals surface area contributed by atoms with Gasteiger partial charge in [0, 0.05) is 40.3 Å². The summed E-state index contributed by atoms with van der Waals surface area (Å²) < 4.78 is 44.9. The van der Waals surface area contributed by atoms with Crippen molar-refractivity contribution in [1.82, 2.24) is 24.8 Å². The topological polar surface area (TPSA) is 109 Å². The Balaban J connectivity index is 1.22. The molecule has 1 saturated heterocycles. The van der Waals surface area contributed by atoms with Gasteiger partial charge < -0.3 is 20.1 Å². The van der Waals surface area contributed by atoms with Crippen molar-refractivity contribution < 1.29 is 27.6 Å². The van der Waals surface area contributed by atoms with Crippen molar-refractivity contribution in [3.8, 4) is 0 Å². The van der Waals surface area contributed by atoms with E-state index in [-0.39, 0.29) is 42.8 Å². The number of carbonyl (C=O) groups excluding carboxylic acids is 3. The molecule has 2 N–H and O–H groups in total. The summed E-state index contributed by atoms with van der Waals surface area (Å²) in [5, 5.41) is 6.50. The lowest BCUT2D eigenvalue weighted by atomic mass is 10.1. The smallest absolute Gasteiger partial charge is 0.243 e. The predicted molar refractivity (Wildman–Crippen MR) is 148 cm³/mol. The third-order valence-electron chi connectivity index (χ3n) is 7.88. The number of rotatable bonds is 7. The zero-order chi connectivity index (χ0) is 29.5. The predicted octanol–water partition coefficient (Wildman–Crippen LogP) is 4.40. The molecule has 3 unspecified atom stereocenters. The van der Waals surface area contributed by atoms with E-state index in [2.05, 4.69) is 20.6 Å². The van der Waals surface area contributed by atoms with E-state index in [1.165, 1.54) is 18.2 Å². The average Bonchev–Trinajstić information content (AvgIpc) is 3.67. The number of carbonyl (C=O) groups is 3. The quantitative estimate of drug-likeness (QED) is 0.316. The number of hydrogen-bond donors (Lipinski definition) is 2. The van der Waals surface area contributed by atoms with Gasteiger partial charge in [-0.2, -0.15) is 0 Å². The van der Waals surface area contributed by atoms with Gasteiger partial charge in [-0.25, -0.2) is 23.1 Å². The summed E-state index contributed by atoms with van der Waals surface area (Å²) in [5.74, 6) is -2.48. The first-order chi connectivity index (χ1) is 20.2. The first-order valence-corrected chi connectivity index (χ1v) is 13.6. The van der Waals surface area contributed by atoms with E-state index in [4.69, 9.17) is 0 Å². The van der Waals surface area contributed by atoms with Gasteiger partial charge in [-0.1, -0.05) is 0 Å². The summed E-state index contributed by atoms with van der Waals surface area (Å²) in [4.78, 5) is 48.3. The minimum absolute atomic E-state index is 0.0974. The van der Waals surface area contributed by atoms with E-state index in [1.54, 1.807) is 41.4 Å². The number of likely N-dealkylation sites (tertiary alicyclic amines) is 1. The Bertz CT molecular complexity index is 1710. The van der Waals surface area contributed by atoms with Crippen molar-refractivity contribution in [3.63, 3.8) is 0 Å². The van der Waals surface area contributed by atoms with Gasteiger partial charge in [0.25, 0.3) is 0 Å². The van der Waals surface area contributed by atoms with Crippen LogP contribution in [0.3, 0.4) is 0 Å². The number of Topliss-reactive ketones (excluding diaryl/α,β-unsaturated/α-hetero) is 1. The molecule has 2 aromatic carbocycles. The van der Waals surface area contributed by atoms with Crippen molar-refractivity contribution in [1.29, 1.82) is 0 Å². The number of halogens is 3. The van der Waals surface area contributed by atoms with Crippen molar-refractivity contribution in [2.75, 3.05) is 11.9 Å². The fraction of sp³-hybridized carbons (Fsp3) is 0.300. The zero-order valence-electron chi connectivity index (χ0n) is 22.6. The molecule has 1 aliphatic carbocycles. The van der Waals surface area contributed by atoms with Crippen LogP contribution in [0.15, 0.2) is 55.2 Å². The van der Waals surface area contributed by atoms with Gasteiger partial charge in [-0.3, -0.25) is 14.4 Å². The molecule has 9 nitrogen and oxygen atoms in total. The highest BCUT2D eigenvalue weighted by Crippen LogP contribution is 2.35. The van der Waals surface area contributed by atoms with E-state index >= 15 is 0 Å². The molecule has 0 radical (unpaired) electrons. The lowest BCUT2D eigenvalue weighted by Crippen LogP contribution is -2.47. The number of nitrogens with one attached hydrogen (secondary N) is 2. The summed E-state index contributed by atoms with van der Waals surface area (Å²) in [6.07, 6.45) is 5.14. The second-order valence-corrected chi connectivity index (χ2v) is 10.6. The molecule has 42 heavy (non-hydrogen) atoms. The average molecular weight is 577 g/mol. The third kappa shape index (κ3) is 5.08. The Kier molecular flexibility index (Phi) is 7.13. The number of amides is 2. The zero-order valence-corrected chi connectivity index (χ0v) is 22.6. The van der Waals surface area contributed by atoms with Crippen LogP contribution in [0.25, 0.3) is 10.9 Å². The van der Waals surface area contributed by atoms with Crippen LogP contribution in [0.5, 0.6) is 0 Å². The highest BCUT2D eigenvalue weighted by molar-refractivity contribution is 6.08. The Morgan fingerprint density at radius 2 is 1.81 bits per heavy atom. The fourth-order valence-electron chi connectivity index (χ4n) is 5.95. The highest BCUT2D eigenvalue weighted by Gasteiger charge is 2.41. The fourth-order valence-corrected chi connectivity index (χ4v) is 5.95. The monoisotopic (exact) mass is 576 g/mol. The first kappa shape index (κ1) is 27.4. The maximum atomic E-state index is 14.6. The van der Waals surface area contributed by atoms with Crippen LogP contribution in [-0.2, 0) is 22.6 Å². The first-order valence-electron chi connectivity index (χ1n) is 13.6. The van der Waals surface area contributed by atoms with Gasteiger partial charge in [0.2, 0.25) is 11.8 Å². The molecule has 2 aromatic heterocycles. The number of ketones is 1. The van der Waals surface area contributed by atoms with E-state index in [1.807, 2.05) is 0 Å². The number of alkyl halides is 1. The Morgan fingerprint density at radius 1 is 1.05 bits per heavy atom. The number of anilines is 2. The molecule has 4 aromatic rings. The Morgan fingerprint density at radius 3 is 2.57 bits per heavy atom. The molecule has 2 amide bonds. The lowest BCUT2D eigenvalue weighted by Gasteiger charge is -2.26. The molecule has 3 heterocycles. The van der Waals surface area contributed by atoms with E-state index in [9.17, 15) is 27.6 Å². The minimum atomic E-state index is -1.42. The SMILES string of the molecule is CC(=O)c1cn(CC(=O)N2CC(F)CC2C(=O)NC2CCc3c(F)ccc(F)c32)c2ccc(Nc3cncnc3)cc12. The standard InChI is InChI=1S/C30H27F3N6O3/c1-16(40)22-13-38(26-7-2-18(9-21(22)26)36-19-10-34-15-35-11-19)14-28(41)39-12-17(31)8-27(39)30(42)37-25-6-3-20-23(32)4-5-24(33)29(20)25/h2,4-5,7,9-11,13,15,17,25,27,36H,3,6,8,12,14H2,1H3,(H,37,42). The van der Waals surface area contributed by atoms with Gasteiger partial charge in [0.05, 0.1) is 30.7 Å². The molecular formula is C30H27F3N6O3. The van der Waals surface area contributed by atoms with Crippen molar-refractivity contribution in [3.05, 3.63) is 83.6 Å². The van der Waals surface area contributed by atoms with Crippen molar-refractivity contribution in [2.45, 2.75) is 51.0 Å². The van der Waals surface area contributed by atoms with Gasteiger partial charge in [0.15, 0.2) is 5.78 Å². The highest BCUT2D eigenvalue weighted by atomic mass is 19.1. The molecule has 1 fully saturated rings. The number of aromatic nitrogens is 3. The Labute approximate surface area is 238 Å². The number of nitrogens with zero attached hydrogens (tertiary/aromatic N) is 4. The van der Waals surface area contributed by atoms with Crippen molar-refractivity contribution in [2.24, 2.45) is 0 Å². The second-order valence-electron chi connectivity index (χ2n) is 10.6. The lowest BCUT2D eigenvalue weighted by molar-refractivity contribution is -0.139. The Hall–Kier alpha value is -4.74. The molecule has 0 spiro atoms. The summed E-state index contributed by atoms with van der Waals surface area (Å²) in [6, 6.07) is 5.53. The van der Waals surface area contributed by atoms with E-state index in [0.29, 0.717) is 34.3 Å². The maximum absolute atomic E-state index is 14.6. The summed E-state index contributed by atoms with van der Waals surface area (Å²) in [7, 11) is 0. The van der Waals surface area contributed by atoms with Crippen molar-refractivity contribution >= 4 is 39.9 Å². The van der Waals surface area contributed by atoms with Crippen LogP contribution >= 0.6 is 0 Å². The van der Waals surface area contributed by atoms with Crippen LogP contribution in [0, 0.1) is 11.6 Å². The van der Waals surface area contributed by atoms with E-state index < -0.39 is 41.7 Å². The molecule has 1 aliphatic heterocycles. The number of hydrogen-bond acceptors (Lipinski definition) is 6. The second kappa shape index (κ2) is 10.9. The normalized spacial score (nSPS) is 19.6. The molecular weight excluding hydrogens is 549 g/mol. The summed E-state index contributed by atoms with van der Waals surface area (Å²) in [6.45, 7) is 0.926.